The highest BCUT2D eigenvalue weighted by atomic mass is 32.2. The maximum Gasteiger partial charge on any atom is 0.235 e. The quantitative estimate of drug-likeness (QED) is 0.363. The normalized spacial score (nSPS) is 12.9. The summed E-state index contributed by atoms with van der Waals surface area (Å²) in [6.07, 6.45) is 5.63. The van der Waals surface area contributed by atoms with E-state index in [0.29, 0.717) is 24.0 Å². The summed E-state index contributed by atoms with van der Waals surface area (Å²) in [7, 11) is 0. The fraction of sp³-hybridized carbons (Fsp3) is 0.269. The van der Waals surface area contributed by atoms with Crippen LogP contribution in [-0.2, 0) is 11.3 Å². The van der Waals surface area contributed by atoms with Gasteiger partial charge >= 0.3 is 0 Å². The highest BCUT2D eigenvalue weighted by Crippen LogP contribution is 2.41. The third-order valence-electron chi connectivity index (χ3n) is 6.23. The molecule has 0 saturated heterocycles. The van der Waals surface area contributed by atoms with Crippen LogP contribution < -0.4 is 5.32 Å². The number of aromatic nitrogens is 5. The van der Waals surface area contributed by atoms with E-state index in [0.717, 1.165) is 46.2 Å². The molecule has 0 unspecified atom stereocenters. The lowest BCUT2D eigenvalue weighted by Gasteiger charge is -2.13. The van der Waals surface area contributed by atoms with Crippen molar-refractivity contribution >= 4 is 23.5 Å². The summed E-state index contributed by atoms with van der Waals surface area (Å²) in [4.78, 5) is 17.1. The van der Waals surface area contributed by atoms with Crippen LogP contribution in [0.2, 0.25) is 0 Å². The number of benzene rings is 1. The number of carbonyl (C=O) groups excluding carboxylic acids is 1. The van der Waals surface area contributed by atoms with Crippen LogP contribution in [0.4, 0.5) is 5.82 Å². The molecule has 0 atom stereocenters. The van der Waals surface area contributed by atoms with Gasteiger partial charge in [-0.05, 0) is 49.9 Å². The van der Waals surface area contributed by atoms with E-state index in [1.54, 1.807) is 12.4 Å². The smallest absolute Gasteiger partial charge is 0.235 e. The summed E-state index contributed by atoms with van der Waals surface area (Å²) < 4.78 is 4.13. The fourth-order valence-corrected chi connectivity index (χ4v) is 4.93. The second kappa shape index (κ2) is 9.76. The van der Waals surface area contributed by atoms with Crippen molar-refractivity contribution in [3.05, 3.63) is 77.2 Å². The Bertz CT molecular complexity index is 1400. The predicted molar refractivity (Wildman–Crippen MR) is 135 cm³/mol. The van der Waals surface area contributed by atoms with E-state index in [4.69, 9.17) is 0 Å². The second-order valence-electron chi connectivity index (χ2n) is 8.60. The van der Waals surface area contributed by atoms with Crippen molar-refractivity contribution in [2.75, 3.05) is 11.1 Å². The van der Waals surface area contributed by atoms with Gasteiger partial charge in [-0.1, -0.05) is 42.1 Å². The van der Waals surface area contributed by atoms with Crippen LogP contribution in [0.15, 0.2) is 60.0 Å². The summed E-state index contributed by atoms with van der Waals surface area (Å²) in [5, 5.41) is 22.3. The zero-order chi connectivity index (χ0) is 24.4. The fourth-order valence-electron chi connectivity index (χ4n) is 4.13. The molecule has 1 amide bonds. The third kappa shape index (κ3) is 4.70. The minimum Gasteiger partial charge on any atom is -0.326 e. The van der Waals surface area contributed by atoms with Crippen LogP contribution in [-0.4, -0.2) is 36.0 Å². The Labute approximate surface area is 208 Å². The van der Waals surface area contributed by atoms with Crippen molar-refractivity contribution in [1.29, 1.82) is 5.26 Å². The van der Waals surface area contributed by atoms with Crippen molar-refractivity contribution in [2.24, 2.45) is 0 Å². The number of rotatable bonds is 8. The highest BCUT2D eigenvalue weighted by Gasteiger charge is 2.30. The number of carbonyl (C=O) groups is 1. The average Bonchev–Trinajstić information content (AvgIpc) is 3.60. The predicted octanol–water partition coefficient (Wildman–Crippen LogP) is 4.74. The molecule has 1 aliphatic rings. The number of nitrogens with zero attached hydrogens (tertiary/aromatic N) is 6. The van der Waals surface area contributed by atoms with Crippen LogP contribution in [0.25, 0.3) is 11.4 Å². The van der Waals surface area contributed by atoms with Crippen LogP contribution >= 0.6 is 11.8 Å². The van der Waals surface area contributed by atoms with Crippen LogP contribution in [0.3, 0.4) is 0 Å². The van der Waals surface area contributed by atoms with Gasteiger partial charge in [-0.15, -0.1) is 10.2 Å². The molecule has 3 heterocycles. The number of hydrogen-bond donors (Lipinski definition) is 1. The molecule has 4 aromatic rings. The van der Waals surface area contributed by atoms with Gasteiger partial charge in [-0.3, -0.25) is 14.3 Å². The van der Waals surface area contributed by atoms with Gasteiger partial charge in [0.15, 0.2) is 11.0 Å². The van der Waals surface area contributed by atoms with Gasteiger partial charge in [-0.25, -0.2) is 0 Å². The molecule has 1 N–H and O–H groups in total. The minimum atomic E-state index is -0.186. The standard InChI is InChI=1S/C26H25N7OS/c1-17-18(2)32(15-19-6-4-3-5-7-19)25(22(17)14-27)29-23(34)16-35-26-31-30-24(33(26)21-8-9-21)20-10-12-28-13-11-20/h3-7,10-13,21H,8-9,15-16H2,1-2H3,(H,29,34). The number of pyridine rings is 1. The largest absolute Gasteiger partial charge is 0.326 e. The van der Waals surface area contributed by atoms with E-state index in [9.17, 15) is 10.1 Å². The summed E-state index contributed by atoms with van der Waals surface area (Å²) >= 11 is 1.36. The molecule has 176 valence electrons. The first-order chi connectivity index (χ1) is 17.1. The van der Waals surface area contributed by atoms with Gasteiger partial charge in [0.1, 0.15) is 11.9 Å². The van der Waals surface area contributed by atoms with Gasteiger partial charge in [0.2, 0.25) is 5.91 Å². The Kier molecular flexibility index (Phi) is 6.38. The molecule has 3 aromatic heterocycles. The Balaban J connectivity index is 1.35. The number of amides is 1. The van der Waals surface area contributed by atoms with Gasteiger partial charge in [-0.2, -0.15) is 5.26 Å². The molecular formula is C26H25N7OS. The van der Waals surface area contributed by atoms with Crippen molar-refractivity contribution in [1.82, 2.24) is 24.3 Å². The van der Waals surface area contributed by atoms with E-state index in [2.05, 4.69) is 31.1 Å². The monoisotopic (exact) mass is 483 g/mol. The first-order valence-corrected chi connectivity index (χ1v) is 12.5. The maximum absolute atomic E-state index is 13.0. The number of thioether (sulfide) groups is 1. The topological polar surface area (TPSA) is 101 Å². The van der Waals surface area contributed by atoms with Gasteiger partial charge < -0.3 is 9.88 Å². The minimum absolute atomic E-state index is 0.167. The molecule has 1 fully saturated rings. The van der Waals surface area contributed by atoms with Gasteiger partial charge in [0.25, 0.3) is 0 Å². The lowest BCUT2D eigenvalue weighted by atomic mass is 10.2. The zero-order valence-corrected chi connectivity index (χ0v) is 20.4. The molecule has 0 radical (unpaired) electrons. The molecule has 8 nitrogen and oxygen atoms in total. The first kappa shape index (κ1) is 22.9. The number of nitrogens with one attached hydrogen (secondary N) is 1. The number of nitriles is 1. The van der Waals surface area contributed by atoms with Crippen molar-refractivity contribution in [3.63, 3.8) is 0 Å². The van der Waals surface area contributed by atoms with Crippen molar-refractivity contribution in [2.45, 2.75) is 44.4 Å². The van der Waals surface area contributed by atoms with Crippen LogP contribution in [0.1, 0.15) is 41.3 Å². The Morgan fingerprint density at radius 2 is 1.89 bits per heavy atom. The number of hydrogen-bond acceptors (Lipinski definition) is 6. The van der Waals surface area contributed by atoms with Crippen molar-refractivity contribution in [3.8, 4) is 17.5 Å². The zero-order valence-electron chi connectivity index (χ0n) is 19.6. The molecule has 0 bridgehead atoms. The molecule has 1 aromatic carbocycles. The first-order valence-electron chi connectivity index (χ1n) is 11.5. The molecular weight excluding hydrogens is 458 g/mol. The third-order valence-corrected chi connectivity index (χ3v) is 7.17. The molecule has 0 spiro atoms. The van der Waals surface area contributed by atoms with Crippen molar-refractivity contribution < 1.29 is 4.79 Å². The van der Waals surface area contributed by atoms with E-state index in [1.807, 2.05) is 60.9 Å². The Morgan fingerprint density at radius 3 is 2.57 bits per heavy atom. The molecule has 5 rings (SSSR count). The Hall–Kier alpha value is -3.90. The van der Waals surface area contributed by atoms with E-state index >= 15 is 0 Å². The summed E-state index contributed by atoms with van der Waals surface area (Å²) in [6, 6.07) is 16.5. The summed E-state index contributed by atoms with van der Waals surface area (Å²) in [5.74, 6) is 1.32. The summed E-state index contributed by atoms with van der Waals surface area (Å²) in [5.41, 5.74) is 4.39. The molecule has 35 heavy (non-hydrogen) atoms. The van der Waals surface area contributed by atoms with E-state index in [-0.39, 0.29) is 11.7 Å². The lowest BCUT2D eigenvalue weighted by Crippen LogP contribution is -2.19. The average molecular weight is 484 g/mol. The molecule has 0 aliphatic heterocycles. The van der Waals surface area contributed by atoms with Gasteiger partial charge in [0, 0.05) is 36.2 Å². The number of anilines is 1. The second-order valence-corrected chi connectivity index (χ2v) is 9.54. The van der Waals surface area contributed by atoms with Gasteiger partial charge in [0.05, 0.1) is 11.3 Å². The summed E-state index contributed by atoms with van der Waals surface area (Å²) in [6.45, 7) is 4.46. The van der Waals surface area contributed by atoms with Crippen LogP contribution in [0, 0.1) is 25.2 Å². The SMILES string of the molecule is Cc1c(C#N)c(NC(=O)CSc2nnc(-c3ccncc3)n2C2CC2)n(Cc2ccccc2)c1C. The molecule has 1 saturated carbocycles. The maximum atomic E-state index is 13.0. The Morgan fingerprint density at radius 1 is 1.14 bits per heavy atom. The molecule has 1 aliphatic carbocycles. The van der Waals surface area contributed by atoms with E-state index < -0.39 is 0 Å². The lowest BCUT2D eigenvalue weighted by molar-refractivity contribution is -0.113. The molecule has 9 heteroatoms. The van der Waals surface area contributed by atoms with E-state index in [1.165, 1.54) is 11.8 Å². The van der Waals surface area contributed by atoms with Crippen LogP contribution in [0.5, 0.6) is 0 Å². The highest BCUT2D eigenvalue weighted by molar-refractivity contribution is 7.99.